The summed E-state index contributed by atoms with van der Waals surface area (Å²) in [6, 6.07) is 3.59. The molecule has 0 saturated carbocycles. The topological polar surface area (TPSA) is 26.0 Å². The zero-order valence-corrected chi connectivity index (χ0v) is 8.97. The van der Waals surface area contributed by atoms with E-state index in [1.165, 1.54) is 12.1 Å². The normalized spacial score (nSPS) is 12.8. The molecule has 0 saturated heterocycles. The SMILES string of the molecule is CC(CCN)CCc1cc(F)ccc1F. The highest BCUT2D eigenvalue weighted by atomic mass is 19.1. The Bertz CT molecular complexity index is 312. The molecule has 84 valence electrons. The molecule has 0 heterocycles. The maximum absolute atomic E-state index is 13.2. The Kier molecular flexibility index (Phi) is 4.69. The van der Waals surface area contributed by atoms with E-state index in [0.29, 0.717) is 24.4 Å². The first-order valence-corrected chi connectivity index (χ1v) is 5.27. The molecule has 0 radical (unpaired) electrons. The molecule has 1 aromatic carbocycles. The lowest BCUT2D eigenvalue weighted by molar-refractivity contribution is 0.489. The Morgan fingerprint density at radius 3 is 2.67 bits per heavy atom. The third-order valence-corrected chi connectivity index (χ3v) is 2.57. The van der Waals surface area contributed by atoms with Crippen molar-refractivity contribution in [3.05, 3.63) is 35.4 Å². The van der Waals surface area contributed by atoms with Crippen molar-refractivity contribution < 1.29 is 8.78 Å². The minimum atomic E-state index is -0.377. The van der Waals surface area contributed by atoms with Crippen LogP contribution in [0.25, 0.3) is 0 Å². The third kappa shape index (κ3) is 3.96. The van der Waals surface area contributed by atoms with Gasteiger partial charge in [0.25, 0.3) is 0 Å². The predicted octanol–water partition coefficient (Wildman–Crippen LogP) is 2.88. The van der Waals surface area contributed by atoms with Crippen molar-refractivity contribution in [3.8, 4) is 0 Å². The molecule has 1 atom stereocenters. The first kappa shape index (κ1) is 12.1. The van der Waals surface area contributed by atoms with E-state index in [1.54, 1.807) is 0 Å². The van der Waals surface area contributed by atoms with E-state index in [1.807, 2.05) is 0 Å². The molecule has 0 spiro atoms. The number of nitrogens with two attached hydrogens (primary N) is 1. The lowest BCUT2D eigenvalue weighted by atomic mass is 9.98. The van der Waals surface area contributed by atoms with Crippen molar-refractivity contribution in [3.63, 3.8) is 0 Å². The van der Waals surface area contributed by atoms with Gasteiger partial charge in [-0.2, -0.15) is 0 Å². The van der Waals surface area contributed by atoms with Crippen LogP contribution < -0.4 is 5.73 Å². The molecule has 0 aliphatic carbocycles. The monoisotopic (exact) mass is 213 g/mol. The van der Waals surface area contributed by atoms with Gasteiger partial charge in [-0.3, -0.25) is 0 Å². The van der Waals surface area contributed by atoms with Crippen LogP contribution in [0.15, 0.2) is 18.2 Å². The van der Waals surface area contributed by atoms with Crippen LogP contribution in [-0.4, -0.2) is 6.54 Å². The average molecular weight is 213 g/mol. The zero-order chi connectivity index (χ0) is 11.3. The lowest BCUT2D eigenvalue weighted by Crippen LogP contribution is -2.07. The summed E-state index contributed by atoms with van der Waals surface area (Å²) < 4.78 is 26.0. The van der Waals surface area contributed by atoms with Gasteiger partial charge in [0.05, 0.1) is 0 Å². The fraction of sp³-hybridized carbons (Fsp3) is 0.500. The van der Waals surface area contributed by atoms with E-state index >= 15 is 0 Å². The van der Waals surface area contributed by atoms with Gasteiger partial charge in [-0.15, -0.1) is 0 Å². The highest BCUT2D eigenvalue weighted by Gasteiger charge is 2.06. The highest BCUT2D eigenvalue weighted by molar-refractivity contribution is 5.18. The first-order chi connectivity index (χ1) is 7.13. The summed E-state index contributed by atoms with van der Waals surface area (Å²) in [6.07, 6.45) is 2.35. The molecular weight excluding hydrogens is 196 g/mol. The van der Waals surface area contributed by atoms with Crippen LogP contribution in [0, 0.1) is 17.6 Å². The average Bonchev–Trinajstić information content (AvgIpc) is 2.20. The Balaban J connectivity index is 2.53. The van der Waals surface area contributed by atoms with Gasteiger partial charge < -0.3 is 5.73 Å². The number of rotatable bonds is 5. The largest absolute Gasteiger partial charge is 0.330 e. The van der Waals surface area contributed by atoms with Crippen LogP contribution in [0.2, 0.25) is 0 Å². The van der Waals surface area contributed by atoms with Gasteiger partial charge in [-0.05, 0) is 55.5 Å². The molecule has 0 aliphatic heterocycles. The molecule has 0 fully saturated rings. The Morgan fingerprint density at radius 2 is 2.00 bits per heavy atom. The van der Waals surface area contributed by atoms with Crippen molar-refractivity contribution in [2.45, 2.75) is 26.2 Å². The number of halogens is 2. The molecule has 0 aliphatic rings. The van der Waals surface area contributed by atoms with Crippen LogP contribution in [0.4, 0.5) is 8.78 Å². The van der Waals surface area contributed by atoms with Crippen molar-refractivity contribution in [2.75, 3.05) is 6.54 Å². The Hall–Kier alpha value is -0.960. The summed E-state index contributed by atoms with van der Waals surface area (Å²) in [6.45, 7) is 2.72. The molecule has 1 unspecified atom stereocenters. The minimum absolute atomic E-state index is 0.323. The second-order valence-corrected chi connectivity index (χ2v) is 3.96. The summed E-state index contributed by atoms with van der Waals surface area (Å²) in [7, 11) is 0. The summed E-state index contributed by atoms with van der Waals surface area (Å²) >= 11 is 0. The van der Waals surface area contributed by atoms with E-state index in [2.05, 4.69) is 6.92 Å². The molecule has 1 nitrogen and oxygen atoms in total. The van der Waals surface area contributed by atoms with Crippen LogP contribution >= 0.6 is 0 Å². The highest BCUT2D eigenvalue weighted by Crippen LogP contribution is 2.16. The molecule has 1 rings (SSSR count). The molecule has 0 bridgehead atoms. The first-order valence-electron chi connectivity index (χ1n) is 5.27. The third-order valence-electron chi connectivity index (χ3n) is 2.57. The van der Waals surface area contributed by atoms with Crippen molar-refractivity contribution in [1.29, 1.82) is 0 Å². The summed E-state index contributed by atoms with van der Waals surface area (Å²) in [5, 5.41) is 0. The molecule has 0 aromatic heterocycles. The second kappa shape index (κ2) is 5.81. The molecule has 1 aromatic rings. The van der Waals surface area contributed by atoms with Crippen LogP contribution in [0.5, 0.6) is 0 Å². The number of benzene rings is 1. The maximum Gasteiger partial charge on any atom is 0.126 e. The minimum Gasteiger partial charge on any atom is -0.330 e. The van der Waals surface area contributed by atoms with E-state index in [9.17, 15) is 8.78 Å². The molecule has 0 amide bonds. The lowest BCUT2D eigenvalue weighted by Gasteiger charge is -2.10. The molecular formula is C12H17F2N. The Labute approximate surface area is 89.3 Å². The van der Waals surface area contributed by atoms with E-state index in [-0.39, 0.29) is 11.6 Å². The standard InChI is InChI=1S/C12H17F2N/c1-9(6-7-15)2-3-10-8-11(13)4-5-12(10)14/h4-5,8-9H,2-3,6-7,15H2,1H3. The van der Waals surface area contributed by atoms with Gasteiger partial charge in [-0.25, -0.2) is 8.78 Å². The molecule has 2 N–H and O–H groups in total. The van der Waals surface area contributed by atoms with Gasteiger partial charge in [0.15, 0.2) is 0 Å². The Morgan fingerprint density at radius 1 is 1.27 bits per heavy atom. The van der Waals surface area contributed by atoms with E-state index < -0.39 is 0 Å². The van der Waals surface area contributed by atoms with Crippen LogP contribution in [0.3, 0.4) is 0 Å². The quantitative estimate of drug-likeness (QED) is 0.799. The van der Waals surface area contributed by atoms with Crippen molar-refractivity contribution in [2.24, 2.45) is 11.7 Å². The van der Waals surface area contributed by atoms with Gasteiger partial charge in [0.2, 0.25) is 0 Å². The number of hydrogen-bond acceptors (Lipinski definition) is 1. The van der Waals surface area contributed by atoms with Gasteiger partial charge in [0, 0.05) is 0 Å². The molecule has 3 heteroatoms. The van der Waals surface area contributed by atoms with Crippen molar-refractivity contribution in [1.82, 2.24) is 0 Å². The summed E-state index contributed by atoms with van der Waals surface area (Å²) in [4.78, 5) is 0. The second-order valence-electron chi connectivity index (χ2n) is 3.96. The van der Waals surface area contributed by atoms with Gasteiger partial charge in [0.1, 0.15) is 11.6 Å². The zero-order valence-electron chi connectivity index (χ0n) is 8.97. The summed E-state index contributed by atoms with van der Waals surface area (Å²) in [5.41, 5.74) is 5.88. The maximum atomic E-state index is 13.2. The van der Waals surface area contributed by atoms with E-state index in [4.69, 9.17) is 5.73 Å². The fourth-order valence-electron chi connectivity index (χ4n) is 1.57. The van der Waals surface area contributed by atoms with Gasteiger partial charge >= 0.3 is 0 Å². The number of aryl methyl sites for hydroxylation is 1. The van der Waals surface area contributed by atoms with Crippen molar-refractivity contribution >= 4 is 0 Å². The number of hydrogen-bond donors (Lipinski definition) is 1. The van der Waals surface area contributed by atoms with Gasteiger partial charge in [-0.1, -0.05) is 6.92 Å². The fourth-order valence-corrected chi connectivity index (χ4v) is 1.57. The van der Waals surface area contributed by atoms with E-state index in [0.717, 1.165) is 18.9 Å². The van der Waals surface area contributed by atoms with Crippen LogP contribution in [-0.2, 0) is 6.42 Å². The predicted molar refractivity (Wildman–Crippen MR) is 57.5 cm³/mol. The van der Waals surface area contributed by atoms with Crippen LogP contribution in [0.1, 0.15) is 25.3 Å². The smallest absolute Gasteiger partial charge is 0.126 e. The summed E-state index contributed by atoms with van der Waals surface area (Å²) in [5.74, 6) is -0.244. The molecule has 15 heavy (non-hydrogen) atoms.